The lowest BCUT2D eigenvalue weighted by atomic mass is 9.99. The van der Waals surface area contributed by atoms with Gasteiger partial charge in [0.2, 0.25) is 0 Å². The highest BCUT2D eigenvalue weighted by molar-refractivity contribution is 6.42. The van der Waals surface area contributed by atoms with Crippen LogP contribution in [0.25, 0.3) is 0 Å². The molecule has 112 valence electrons. The summed E-state index contributed by atoms with van der Waals surface area (Å²) < 4.78 is 0. The smallest absolute Gasteiger partial charge is 0.0640 e. The second kappa shape index (κ2) is 8.00. The lowest BCUT2D eigenvalue weighted by Crippen LogP contribution is -2.24. The van der Waals surface area contributed by atoms with Crippen molar-refractivity contribution in [3.05, 3.63) is 62.9 Å². The third-order valence-electron chi connectivity index (χ3n) is 3.28. The van der Waals surface area contributed by atoms with Crippen LogP contribution in [0.5, 0.6) is 0 Å². The molecule has 21 heavy (non-hydrogen) atoms. The summed E-state index contributed by atoms with van der Waals surface area (Å²) in [5.74, 6) is 0. The van der Waals surface area contributed by atoms with E-state index in [2.05, 4.69) is 17.2 Å². The predicted molar refractivity (Wildman–Crippen MR) is 90.4 cm³/mol. The van der Waals surface area contributed by atoms with Gasteiger partial charge in [-0.1, -0.05) is 53.9 Å². The molecule has 0 spiro atoms. The van der Waals surface area contributed by atoms with Gasteiger partial charge in [0.05, 0.1) is 15.1 Å². The third kappa shape index (κ3) is 4.33. The summed E-state index contributed by atoms with van der Waals surface area (Å²) >= 11 is 18.7. The first-order valence-corrected chi connectivity index (χ1v) is 8.02. The zero-order valence-corrected chi connectivity index (χ0v) is 14.0. The molecule has 1 heterocycles. The van der Waals surface area contributed by atoms with E-state index in [-0.39, 0.29) is 6.04 Å². The predicted octanol–water partition coefficient (Wildman–Crippen LogP) is 5.33. The number of rotatable bonds is 6. The molecule has 0 bridgehead atoms. The zero-order valence-electron chi connectivity index (χ0n) is 11.7. The molecule has 5 heteroatoms. The van der Waals surface area contributed by atoms with E-state index < -0.39 is 0 Å². The van der Waals surface area contributed by atoms with Gasteiger partial charge in [0.1, 0.15) is 0 Å². The molecule has 0 radical (unpaired) electrons. The van der Waals surface area contributed by atoms with Crippen LogP contribution >= 0.6 is 34.8 Å². The maximum Gasteiger partial charge on any atom is 0.0640 e. The number of hydrogen-bond acceptors (Lipinski definition) is 2. The Labute approximate surface area is 140 Å². The van der Waals surface area contributed by atoms with Gasteiger partial charge in [0, 0.05) is 18.4 Å². The van der Waals surface area contributed by atoms with Crippen molar-refractivity contribution in [2.24, 2.45) is 0 Å². The summed E-state index contributed by atoms with van der Waals surface area (Å²) in [6, 6.07) is 7.70. The number of nitrogens with one attached hydrogen (secondary N) is 1. The van der Waals surface area contributed by atoms with Gasteiger partial charge in [-0.05, 0) is 42.6 Å². The van der Waals surface area contributed by atoms with Crippen molar-refractivity contribution in [1.29, 1.82) is 0 Å². The fourth-order valence-corrected chi connectivity index (χ4v) is 2.83. The number of halogens is 3. The van der Waals surface area contributed by atoms with Crippen molar-refractivity contribution in [3.63, 3.8) is 0 Å². The van der Waals surface area contributed by atoms with Crippen molar-refractivity contribution in [2.75, 3.05) is 6.54 Å². The molecule has 2 nitrogen and oxygen atoms in total. The van der Waals surface area contributed by atoms with E-state index >= 15 is 0 Å². The summed E-state index contributed by atoms with van der Waals surface area (Å²) in [7, 11) is 0. The second-order valence-electron chi connectivity index (χ2n) is 4.82. The van der Waals surface area contributed by atoms with Gasteiger partial charge >= 0.3 is 0 Å². The minimum Gasteiger partial charge on any atom is -0.310 e. The van der Waals surface area contributed by atoms with E-state index in [0.29, 0.717) is 15.1 Å². The minimum absolute atomic E-state index is 0.0658. The SMILES string of the molecule is CCCNC(Cc1ccncc1Cl)c1cccc(Cl)c1Cl. The Bertz CT molecular complexity index is 602. The zero-order chi connectivity index (χ0) is 15.2. The third-order valence-corrected chi connectivity index (χ3v) is 4.45. The largest absolute Gasteiger partial charge is 0.310 e. The maximum atomic E-state index is 6.36. The number of nitrogens with zero attached hydrogens (tertiary/aromatic N) is 1. The van der Waals surface area contributed by atoms with Gasteiger partial charge in [-0.25, -0.2) is 0 Å². The lowest BCUT2D eigenvalue weighted by molar-refractivity contribution is 0.529. The Morgan fingerprint density at radius 3 is 2.67 bits per heavy atom. The molecule has 0 aliphatic heterocycles. The van der Waals surface area contributed by atoms with Gasteiger partial charge in [-0.2, -0.15) is 0 Å². The summed E-state index contributed by atoms with van der Waals surface area (Å²) in [6.07, 6.45) is 5.19. The van der Waals surface area contributed by atoms with Crippen molar-refractivity contribution >= 4 is 34.8 Å². The fraction of sp³-hybridized carbons (Fsp3) is 0.312. The number of benzene rings is 1. The van der Waals surface area contributed by atoms with Crippen molar-refractivity contribution in [3.8, 4) is 0 Å². The average Bonchev–Trinajstić information content (AvgIpc) is 2.48. The summed E-state index contributed by atoms with van der Waals surface area (Å²) in [5.41, 5.74) is 2.03. The Morgan fingerprint density at radius 1 is 1.14 bits per heavy atom. The van der Waals surface area contributed by atoms with Crippen LogP contribution in [0.4, 0.5) is 0 Å². The fourth-order valence-electron chi connectivity index (χ4n) is 2.19. The number of pyridine rings is 1. The highest BCUT2D eigenvalue weighted by Crippen LogP contribution is 2.32. The molecule has 1 aromatic heterocycles. The molecule has 1 N–H and O–H groups in total. The first-order chi connectivity index (χ1) is 10.1. The molecule has 1 aromatic carbocycles. The van der Waals surface area contributed by atoms with Crippen molar-refractivity contribution < 1.29 is 0 Å². The first kappa shape index (κ1) is 16.6. The Hall–Kier alpha value is -0.800. The molecule has 1 unspecified atom stereocenters. The van der Waals surface area contributed by atoms with Crippen molar-refractivity contribution in [1.82, 2.24) is 10.3 Å². The van der Waals surface area contributed by atoms with E-state index in [4.69, 9.17) is 34.8 Å². The molecule has 0 amide bonds. The molecular weight excluding hydrogens is 327 g/mol. The van der Waals surface area contributed by atoms with Crippen LogP contribution in [0.1, 0.15) is 30.5 Å². The molecule has 2 aromatic rings. The van der Waals surface area contributed by atoms with Gasteiger partial charge in [0.15, 0.2) is 0 Å². The van der Waals surface area contributed by atoms with Crippen LogP contribution in [0.15, 0.2) is 36.7 Å². The average molecular weight is 344 g/mol. The van der Waals surface area contributed by atoms with Crippen LogP contribution in [0, 0.1) is 0 Å². The van der Waals surface area contributed by atoms with Crippen molar-refractivity contribution in [2.45, 2.75) is 25.8 Å². The second-order valence-corrected chi connectivity index (χ2v) is 6.01. The Kier molecular flexibility index (Phi) is 6.31. The minimum atomic E-state index is 0.0658. The Morgan fingerprint density at radius 2 is 1.95 bits per heavy atom. The molecule has 2 rings (SSSR count). The van der Waals surface area contributed by atoms with E-state index in [1.54, 1.807) is 18.5 Å². The summed E-state index contributed by atoms with van der Waals surface area (Å²) in [5, 5.41) is 5.34. The molecular formula is C16H17Cl3N2. The highest BCUT2D eigenvalue weighted by Gasteiger charge is 2.17. The monoisotopic (exact) mass is 342 g/mol. The van der Waals surface area contributed by atoms with E-state index in [0.717, 1.165) is 30.5 Å². The van der Waals surface area contributed by atoms with Crippen LogP contribution in [0.3, 0.4) is 0 Å². The maximum absolute atomic E-state index is 6.36. The van der Waals surface area contributed by atoms with Gasteiger partial charge < -0.3 is 5.32 Å². The number of hydrogen-bond donors (Lipinski definition) is 1. The van der Waals surface area contributed by atoms with E-state index in [1.807, 2.05) is 18.2 Å². The topological polar surface area (TPSA) is 24.9 Å². The van der Waals surface area contributed by atoms with Gasteiger partial charge in [0.25, 0.3) is 0 Å². The molecule has 0 saturated heterocycles. The molecule has 0 fully saturated rings. The number of aromatic nitrogens is 1. The normalized spacial score (nSPS) is 12.4. The molecule has 1 atom stereocenters. The van der Waals surface area contributed by atoms with Crippen LogP contribution < -0.4 is 5.32 Å². The highest BCUT2D eigenvalue weighted by atomic mass is 35.5. The van der Waals surface area contributed by atoms with Crippen LogP contribution in [-0.4, -0.2) is 11.5 Å². The quantitative estimate of drug-likeness (QED) is 0.767. The molecule has 0 saturated carbocycles. The molecule has 0 aliphatic carbocycles. The Balaban J connectivity index is 2.30. The summed E-state index contributed by atoms with van der Waals surface area (Å²) in [4.78, 5) is 4.02. The van der Waals surface area contributed by atoms with Crippen LogP contribution in [-0.2, 0) is 6.42 Å². The van der Waals surface area contributed by atoms with Gasteiger partial charge in [-0.3, -0.25) is 4.98 Å². The lowest BCUT2D eigenvalue weighted by Gasteiger charge is -2.21. The molecule has 0 aliphatic rings. The van der Waals surface area contributed by atoms with Gasteiger partial charge in [-0.15, -0.1) is 0 Å². The van der Waals surface area contributed by atoms with Crippen LogP contribution in [0.2, 0.25) is 15.1 Å². The first-order valence-electron chi connectivity index (χ1n) is 6.89. The standard InChI is InChI=1S/C16H17Cl3N2/c1-2-7-21-15(9-11-6-8-20-10-14(11)18)12-4-3-5-13(17)16(12)19/h3-6,8,10,15,21H,2,7,9H2,1H3. The van der Waals surface area contributed by atoms with E-state index in [1.165, 1.54) is 0 Å². The van der Waals surface area contributed by atoms with E-state index in [9.17, 15) is 0 Å². The summed E-state index contributed by atoms with van der Waals surface area (Å²) in [6.45, 7) is 3.03.